The molecule has 5 rings (SSSR count). The second-order valence-electron chi connectivity index (χ2n) is 7.76. The van der Waals surface area contributed by atoms with E-state index in [4.69, 9.17) is 5.73 Å². The van der Waals surface area contributed by atoms with Gasteiger partial charge in [0.1, 0.15) is 0 Å². The van der Waals surface area contributed by atoms with Crippen LogP contribution in [-0.4, -0.2) is 36.8 Å². The molecular formula is C25H23N7O. The van der Waals surface area contributed by atoms with Gasteiger partial charge in [0.25, 0.3) is 5.91 Å². The highest BCUT2D eigenvalue weighted by Gasteiger charge is 2.14. The molecule has 0 aliphatic rings. The predicted octanol–water partition coefficient (Wildman–Crippen LogP) is 4.02. The van der Waals surface area contributed by atoms with Crippen molar-refractivity contribution < 1.29 is 4.79 Å². The lowest BCUT2D eigenvalue weighted by Gasteiger charge is -2.13. The zero-order valence-electron chi connectivity index (χ0n) is 18.4. The average molecular weight is 438 g/mol. The normalized spacial score (nSPS) is 11.1. The Kier molecular flexibility index (Phi) is 5.10. The lowest BCUT2D eigenvalue weighted by molar-refractivity contribution is 0.100. The van der Waals surface area contributed by atoms with Gasteiger partial charge in [0.2, 0.25) is 0 Å². The van der Waals surface area contributed by atoms with Crippen molar-refractivity contribution in [1.82, 2.24) is 24.3 Å². The number of imidazole rings is 1. The lowest BCUT2D eigenvalue weighted by atomic mass is 10.0. The first-order chi connectivity index (χ1) is 16.0. The maximum Gasteiger partial charge on any atom is 0.250 e. The molecule has 0 spiro atoms. The van der Waals surface area contributed by atoms with Crippen LogP contribution in [0.4, 0.5) is 5.69 Å². The number of primary amides is 1. The molecule has 8 heteroatoms. The summed E-state index contributed by atoms with van der Waals surface area (Å²) in [5, 5.41) is 9.50. The van der Waals surface area contributed by atoms with Gasteiger partial charge < -0.3 is 15.6 Å². The van der Waals surface area contributed by atoms with Crippen molar-refractivity contribution in [3.8, 4) is 28.2 Å². The number of pyridine rings is 1. The van der Waals surface area contributed by atoms with Crippen molar-refractivity contribution in [2.75, 3.05) is 11.9 Å². The third-order valence-electron chi connectivity index (χ3n) is 5.57. The molecule has 0 saturated carbocycles. The Balaban J connectivity index is 1.62. The fourth-order valence-electron chi connectivity index (χ4n) is 4.05. The number of hydrogen-bond donors (Lipinski definition) is 2. The van der Waals surface area contributed by atoms with Gasteiger partial charge in [0.05, 0.1) is 35.2 Å². The molecule has 0 aliphatic carbocycles. The molecule has 3 N–H and O–H groups in total. The van der Waals surface area contributed by atoms with E-state index in [2.05, 4.69) is 32.5 Å². The Morgan fingerprint density at radius 2 is 1.94 bits per heavy atom. The van der Waals surface area contributed by atoms with Crippen molar-refractivity contribution >= 4 is 22.4 Å². The molecule has 8 nitrogen and oxygen atoms in total. The first-order valence-corrected chi connectivity index (χ1v) is 10.6. The van der Waals surface area contributed by atoms with Gasteiger partial charge >= 0.3 is 0 Å². The van der Waals surface area contributed by atoms with E-state index in [9.17, 15) is 4.79 Å². The first-order valence-electron chi connectivity index (χ1n) is 10.6. The molecule has 3 aromatic heterocycles. The Morgan fingerprint density at radius 3 is 2.70 bits per heavy atom. The highest BCUT2D eigenvalue weighted by Crippen LogP contribution is 2.32. The van der Waals surface area contributed by atoms with Gasteiger partial charge in [-0.2, -0.15) is 5.10 Å². The Morgan fingerprint density at radius 1 is 1.06 bits per heavy atom. The third kappa shape index (κ3) is 3.71. The Hall–Kier alpha value is -4.46. The molecule has 1 amide bonds. The maximum absolute atomic E-state index is 11.8. The molecule has 164 valence electrons. The zero-order valence-corrected chi connectivity index (χ0v) is 18.4. The number of nitrogens with one attached hydrogen (secondary N) is 1. The number of nitrogens with zero attached hydrogens (tertiary/aromatic N) is 5. The van der Waals surface area contributed by atoms with Gasteiger partial charge in [-0.25, -0.2) is 4.98 Å². The molecule has 0 fully saturated rings. The van der Waals surface area contributed by atoms with E-state index in [1.165, 1.54) is 0 Å². The summed E-state index contributed by atoms with van der Waals surface area (Å²) in [6.07, 6.45) is 9.35. The van der Waals surface area contributed by atoms with E-state index < -0.39 is 5.91 Å². The molecule has 0 atom stereocenters. The molecule has 0 saturated heterocycles. The highest BCUT2D eigenvalue weighted by molar-refractivity contribution is 6.02. The van der Waals surface area contributed by atoms with Gasteiger partial charge in [0.15, 0.2) is 0 Å². The zero-order chi connectivity index (χ0) is 22.9. The van der Waals surface area contributed by atoms with Crippen LogP contribution in [0.5, 0.6) is 0 Å². The first kappa shape index (κ1) is 20.4. The number of aryl methyl sites for hydroxylation is 1. The van der Waals surface area contributed by atoms with Crippen LogP contribution in [0.15, 0.2) is 73.6 Å². The number of aromatic nitrogens is 5. The van der Waals surface area contributed by atoms with Gasteiger partial charge in [0, 0.05) is 59.8 Å². The Bertz CT molecular complexity index is 1480. The van der Waals surface area contributed by atoms with E-state index in [-0.39, 0.29) is 0 Å². The smallest absolute Gasteiger partial charge is 0.250 e. The van der Waals surface area contributed by atoms with Crippen LogP contribution in [-0.2, 0) is 7.05 Å². The van der Waals surface area contributed by atoms with Crippen molar-refractivity contribution in [1.29, 1.82) is 0 Å². The van der Waals surface area contributed by atoms with Gasteiger partial charge in [-0.3, -0.25) is 14.5 Å². The molecule has 2 aromatic carbocycles. The standard InChI is InChI=1S/C25H23N7O/c1-3-27-21-11-16(7-8-20(21)25(26)33)24-19-5-4-6-23(18(19)9-10-28-24)32-14-22(29-15-32)17-12-30-31(2)13-17/h4-15,27H,3H2,1-2H3,(H2,26,33). The number of nitrogens with two attached hydrogens (primary N) is 1. The van der Waals surface area contributed by atoms with Gasteiger partial charge in [-0.1, -0.05) is 18.2 Å². The minimum atomic E-state index is -0.463. The van der Waals surface area contributed by atoms with Crippen LogP contribution >= 0.6 is 0 Å². The number of benzene rings is 2. The monoisotopic (exact) mass is 437 g/mol. The minimum absolute atomic E-state index is 0.461. The van der Waals surface area contributed by atoms with E-state index in [0.717, 1.165) is 39.0 Å². The fraction of sp³-hybridized carbons (Fsp3) is 0.120. The summed E-state index contributed by atoms with van der Waals surface area (Å²) < 4.78 is 3.77. The summed E-state index contributed by atoms with van der Waals surface area (Å²) >= 11 is 0. The van der Waals surface area contributed by atoms with E-state index >= 15 is 0 Å². The number of carbonyl (C=O) groups excluding carboxylic acids is 1. The van der Waals surface area contributed by atoms with Gasteiger partial charge in [-0.15, -0.1) is 0 Å². The number of carbonyl (C=O) groups is 1. The van der Waals surface area contributed by atoms with Gasteiger partial charge in [-0.05, 0) is 31.2 Å². The van der Waals surface area contributed by atoms with E-state index in [1.54, 1.807) is 23.1 Å². The Labute approximate surface area is 190 Å². The lowest BCUT2D eigenvalue weighted by Crippen LogP contribution is -2.14. The molecule has 33 heavy (non-hydrogen) atoms. The summed E-state index contributed by atoms with van der Waals surface area (Å²) in [4.78, 5) is 21.0. The maximum atomic E-state index is 11.8. The number of fused-ring (bicyclic) bond motifs is 1. The number of anilines is 1. The number of rotatable bonds is 6. The average Bonchev–Trinajstić information content (AvgIpc) is 3.47. The van der Waals surface area contributed by atoms with Crippen LogP contribution in [0.1, 0.15) is 17.3 Å². The van der Waals surface area contributed by atoms with Crippen molar-refractivity contribution in [3.63, 3.8) is 0 Å². The predicted molar refractivity (Wildman–Crippen MR) is 129 cm³/mol. The molecule has 0 aliphatic heterocycles. The minimum Gasteiger partial charge on any atom is -0.385 e. The third-order valence-corrected chi connectivity index (χ3v) is 5.57. The summed E-state index contributed by atoms with van der Waals surface area (Å²) in [5.41, 5.74) is 11.3. The second kappa shape index (κ2) is 8.23. The molecule has 0 radical (unpaired) electrons. The summed E-state index contributed by atoms with van der Waals surface area (Å²) in [6, 6.07) is 13.7. The molecule has 5 aromatic rings. The summed E-state index contributed by atoms with van der Waals surface area (Å²) in [5.74, 6) is -0.463. The molecule has 3 heterocycles. The van der Waals surface area contributed by atoms with Crippen LogP contribution in [0, 0.1) is 0 Å². The van der Waals surface area contributed by atoms with Crippen molar-refractivity contribution in [3.05, 3.63) is 79.1 Å². The SMILES string of the molecule is CCNc1cc(-c2nccc3c(-n4cnc(-c5cnn(C)c5)c4)cccc23)ccc1C(N)=O. The van der Waals surface area contributed by atoms with Crippen LogP contribution in [0.25, 0.3) is 39.0 Å². The molecule has 0 bridgehead atoms. The molecular weight excluding hydrogens is 414 g/mol. The quantitative estimate of drug-likeness (QED) is 0.418. The summed E-state index contributed by atoms with van der Waals surface area (Å²) in [6.45, 7) is 2.65. The number of hydrogen-bond acceptors (Lipinski definition) is 5. The van der Waals surface area contributed by atoms with Crippen LogP contribution in [0.2, 0.25) is 0 Å². The molecule has 0 unspecified atom stereocenters. The van der Waals surface area contributed by atoms with Crippen LogP contribution < -0.4 is 11.1 Å². The topological polar surface area (TPSA) is 104 Å². The van der Waals surface area contributed by atoms with Crippen molar-refractivity contribution in [2.45, 2.75) is 6.92 Å². The number of amides is 1. The summed E-state index contributed by atoms with van der Waals surface area (Å²) in [7, 11) is 1.89. The van der Waals surface area contributed by atoms with Crippen molar-refractivity contribution in [2.24, 2.45) is 12.8 Å². The van der Waals surface area contributed by atoms with E-state index in [0.29, 0.717) is 17.8 Å². The fourth-order valence-corrected chi connectivity index (χ4v) is 4.05. The highest BCUT2D eigenvalue weighted by atomic mass is 16.1. The largest absolute Gasteiger partial charge is 0.385 e. The van der Waals surface area contributed by atoms with Crippen LogP contribution in [0.3, 0.4) is 0 Å². The second-order valence-corrected chi connectivity index (χ2v) is 7.76. The van der Waals surface area contributed by atoms with E-state index in [1.807, 2.05) is 61.5 Å².